The topological polar surface area (TPSA) is 55.1 Å². The molecule has 4 nitrogen and oxygen atoms in total. The Morgan fingerprint density at radius 1 is 1.24 bits per heavy atom. The van der Waals surface area contributed by atoms with E-state index in [9.17, 15) is 13.6 Å². The first kappa shape index (κ1) is 14.9. The molecule has 0 amide bonds. The van der Waals surface area contributed by atoms with Crippen molar-refractivity contribution in [1.82, 2.24) is 9.78 Å². The van der Waals surface area contributed by atoms with E-state index in [0.717, 1.165) is 29.8 Å². The van der Waals surface area contributed by atoms with Crippen LogP contribution in [0.25, 0.3) is 11.8 Å². The van der Waals surface area contributed by atoms with Crippen molar-refractivity contribution in [2.75, 3.05) is 0 Å². The predicted octanol–water partition coefficient (Wildman–Crippen LogP) is 3.17. The van der Waals surface area contributed by atoms with E-state index in [1.165, 1.54) is 4.68 Å². The van der Waals surface area contributed by atoms with Crippen molar-refractivity contribution in [3.05, 3.63) is 52.4 Å². The highest BCUT2D eigenvalue weighted by molar-refractivity contribution is 5.85. The van der Waals surface area contributed by atoms with Gasteiger partial charge in [0.05, 0.1) is 5.69 Å². The van der Waals surface area contributed by atoms with Crippen LogP contribution in [0.1, 0.15) is 22.5 Å². The van der Waals surface area contributed by atoms with Crippen LogP contribution in [-0.4, -0.2) is 20.9 Å². The quantitative estimate of drug-likeness (QED) is 0.884. The molecule has 0 atom stereocenters. The maximum atomic E-state index is 14.2. The lowest BCUT2D eigenvalue weighted by molar-refractivity contribution is -0.131. The van der Waals surface area contributed by atoms with E-state index >= 15 is 0 Å². The lowest BCUT2D eigenvalue weighted by Gasteiger charge is -2.08. The minimum atomic E-state index is -1.19. The summed E-state index contributed by atoms with van der Waals surface area (Å²) < 4.78 is 29.5. The Bertz CT molecular complexity index is 725. The summed E-state index contributed by atoms with van der Waals surface area (Å²) in [4.78, 5) is 10.4. The molecule has 21 heavy (non-hydrogen) atoms. The number of carboxylic acid groups (broad SMARTS) is 1. The molecular formula is C15H14F2N2O2. The molecule has 1 aromatic carbocycles. The van der Waals surface area contributed by atoms with Gasteiger partial charge in [0.25, 0.3) is 0 Å². The molecule has 0 bridgehead atoms. The highest BCUT2D eigenvalue weighted by atomic mass is 19.1. The lowest BCUT2D eigenvalue weighted by Crippen LogP contribution is -2.06. The molecule has 0 aliphatic heterocycles. The van der Waals surface area contributed by atoms with E-state index in [1.807, 2.05) is 6.92 Å². The first-order valence-corrected chi connectivity index (χ1v) is 6.24. The highest BCUT2D eigenvalue weighted by Crippen LogP contribution is 2.23. The van der Waals surface area contributed by atoms with E-state index in [2.05, 4.69) is 5.10 Å². The smallest absolute Gasteiger partial charge is 0.328 e. The summed E-state index contributed by atoms with van der Waals surface area (Å²) in [5.41, 5.74) is 2.08. The van der Waals surface area contributed by atoms with Gasteiger partial charge in [0.2, 0.25) is 0 Å². The van der Waals surface area contributed by atoms with Gasteiger partial charge in [-0.1, -0.05) is 0 Å². The summed E-state index contributed by atoms with van der Waals surface area (Å²) in [6, 6.07) is 2.15. The number of carbonyl (C=O) groups is 1. The fourth-order valence-corrected chi connectivity index (χ4v) is 1.99. The van der Waals surface area contributed by atoms with Crippen molar-refractivity contribution < 1.29 is 18.7 Å². The fourth-order valence-electron chi connectivity index (χ4n) is 1.99. The van der Waals surface area contributed by atoms with Gasteiger partial charge in [-0.05, 0) is 50.1 Å². The van der Waals surface area contributed by atoms with Crippen LogP contribution in [0.3, 0.4) is 0 Å². The van der Waals surface area contributed by atoms with Crippen LogP contribution >= 0.6 is 0 Å². The van der Waals surface area contributed by atoms with Crippen LogP contribution in [0.5, 0.6) is 0 Å². The second-order valence-electron chi connectivity index (χ2n) is 4.71. The van der Waals surface area contributed by atoms with Gasteiger partial charge in [-0.15, -0.1) is 0 Å². The van der Waals surface area contributed by atoms with Crippen molar-refractivity contribution in [1.29, 1.82) is 0 Å². The van der Waals surface area contributed by atoms with E-state index in [4.69, 9.17) is 5.11 Å². The first-order chi connectivity index (χ1) is 9.81. The van der Waals surface area contributed by atoms with Gasteiger partial charge in [-0.2, -0.15) is 5.10 Å². The van der Waals surface area contributed by atoms with Crippen molar-refractivity contribution in [3.8, 4) is 5.69 Å². The van der Waals surface area contributed by atoms with Crippen LogP contribution < -0.4 is 0 Å². The third kappa shape index (κ3) is 2.84. The molecule has 1 heterocycles. The second kappa shape index (κ2) is 5.47. The molecule has 0 saturated heterocycles. The van der Waals surface area contributed by atoms with Gasteiger partial charge in [-0.3, -0.25) is 0 Å². The number of hydrogen-bond donors (Lipinski definition) is 1. The number of aliphatic carboxylic acids is 1. The molecule has 0 fully saturated rings. The lowest BCUT2D eigenvalue weighted by atomic mass is 10.1. The largest absolute Gasteiger partial charge is 0.478 e. The zero-order chi connectivity index (χ0) is 15.7. The maximum Gasteiger partial charge on any atom is 0.328 e. The average Bonchev–Trinajstić information content (AvgIpc) is 2.64. The summed E-state index contributed by atoms with van der Waals surface area (Å²) in [7, 11) is 0. The fraction of sp³-hybridized carbons (Fsp3) is 0.200. The maximum absolute atomic E-state index is 14.2. The van der Waals surface area contributed by atoms with Gasteiger partial charge in [0.15, 0.2) is 11.6 Å². The summed E-state index contributed by atoms with van der Waals surface area (Å²) in [5, 5.41) is 12.7. The molecule has 2 rings (SSSR count). The Hall–Kier alpha value is -2.50. The Kier molecular flexibility index (Phi) is 3.88. The third-order valence-corrected chi connectivity index (χ3v) is 3.32. The molecule has 0 saturated carbocycles. The zero-order valence-electron chi connectivity index (χ0n) is 11.8. The third-order valence-electron chi connectivity index (χ3n) is 3.32. The minimum absolute atomic E-state index is 0.134. The average molecular weight is 292 g/mol. The number of hydrogen-bond acceptors (Lipinski definition) is 2. The molecule has 0 aliphatic rings. The van der Waals surface area contributed by atoms with Gasteiger partial charge < -0.3 is 5.11 Å². The normalized spacial score (nSPS) is 11.3. The molecule has 110 valence electrons. The van der Waals surface area contributed by atoms with E-state index in [0.29, 0.717) is 11.4 Å². The summed E-state index contributed by atoms with van der Waals surface area (Å²) in [6.45, 7) is 5.32. The van der Waals surface area contributed by atoms with Crippen molar-refractivity contribution in [2.45, 2.75) is 20.8 Å². The molecular weight excluding hydrogens is 278 g/mol. The minimum Gasteiger partial charge on any atom is -0.478 e. The van der Waals surface area contributed by atoms with Gasteiger partial charge in [0.1, 0.15) is 5.69 Å². The SMILES string of the molecule is Cc1nn(-c2c(F)cc(C=CC(=O)O)cc2F)c(C)c1C. The standard InChI is InChI=1S/C15H14F2N2O2/c1-8-9(2)18-19(10(8)3)15-12(16)6-11(7-13(15)17)4-5-14(20)21/h4-7H,1-3H3,(H,20,21). The molecule has 1 aromatic heterocycles. The number of nitrogens with zero attached hydrogens (tertiary/aromatic N) is 2. The van der Waals surface area contributed by atoms with E-state index in [-0.39, 0.29) is 11.3 Å². The predicted molar refractivity (Wildman–Crippen MR) is 74.4 cm³/mol. The van der Waals surface area contributed by atoms with Crippen LogP contribution in [0.4, 0.5) is 8.78 Å². The number of aromatic nitrogens is 2. The summed E-state index contributed by atoms with van der Waals surface area (Å²) in [5.74, 6) is -2.79. The Balaban J connectivity index is 2.56. The number of benzene rings is 1. The Morgan fingerprint density at radius 2 is 1.81 bits per heavy atom. The van der Waals surface area contributed by atoms with Crippen LogP contribution in [0.2, 0.25) is 0 Å². The second-order valence-corrected chi connectivity index (χ2v) is 4.71. The molecule has 0 unspecified atom stereocenters. The summed E-state index contributed by atoms with van der Waals surface area (Å²) in [6.07, 6.45) is 1.95. The molecule has 0 aliphatic carbocycles. The number of aryl methyl sites for hydroxylation is 1. The van der Waals surface area contributed by atoms with Gasteiger partial charge >= 0.3 is 5.97 Å². The number of halogens is 2. The van der Waals surface area contributed by atoms with Crippen LogP contribution in [-0.2, 0) is 4.79 Å². The molecule has 6 heteroatoms. The number of carboxylic acids is 1. The van der Waals surface area contributed by atoms with Gasteiger partial charge in [0, 0.05) is 11.8 Å². The molecule has 0 spiro atoms. The van der Waals surface area contributed by atoms with Gasteiger partial charge in [-0.25, -0.2) is 18.3 Å². The van der Waals surface area contributed by atoms with Crippen LogP contribution in [0.15, 0.2) is 18.2 Å². The van der Waals surface area contributed by atoms with Crippen LogP contribution in [0, 0.1) is 32.4 Å². The van der Waals surface area contributed by atoms with Crippen molar-refractivity contribution in [3.63, 3.8) is 0 Å². The molecule has 0 radical (unpaired) electrons. The highest BCUT2D eigenvalue weighted by Gasteiger charge is 2.17. The molecule has 1 N–H and O–H groups in total. The zero-order valence-corrected chi connectivity index (χ0v) is 11.8. The Morgan fingerprint density at radius 3 is 2.24 bits per heavy atom. The summed E-state index contributed by atoms with van der Waals surface area (Å²) >= 11 is 0. The molecule has 2 aromatic rings. The first-order valence-electron chi connectivity index (χ1n) is 6.24. The van der Waals surface area contributed by atoms with Crippen molar-refractivity contribution >= 4 is 12.0 Å². The number of rotatable bonds is 3. The van der Waals surface area contributed by atoms with E-state index < -0.39 is 17.6 Å². The monoisotopic (exact) mass is 292 g/mol. The van der Waals surface area contributed by atoms with Crippen molar-refractivity contribution in [2.24, 2.45) is 0 Å². The Labute approximate surface area is 120 Å². The van der Waals surface area contributed by atoms with E-state index in [1.54, 1.807) is 13.8 Å².